The van der Waals surface area contributed by atoms with Crippen molar-refractivity contribution in [2.75, 3.05) is 14.2 Å². The molecule has 3 rings (SSSR count). The SMILES string of the molecule is C=CC(C)(CC)Oc1cc([C@@H](O[Si](C)(C)C(C)(C)C)[C@@H](C(=O)OC)N(C)C(=O)OCc2ccccc2)ccc1OCc1ccccc1. The van der Waals surface area contributed by atoms with Gasteiger partial charge in [0, 0.05) is 7.05 Å². The Bertz CT molecular complexity index is 1470. The molecule has 3 aromatic carbocycles. The molecule has 0 heterocycles. The Morgan fingerprint density at radius 3 is 1.98 bits per heavy atom. The first-order valence-electron chi connectivity index (χ1n) is 16.0. The Morgan fingerprint density at radius 1 is 0.894 bits per heavy atom. The average molecular weight is 662 g/mol. The van der Waals surface area contributed by atoms with Crippen molar-refractivity contribution in [3.05, 3.63) is 108 Å². The molecule has 0 spiro atoms. The minimum atomic E-state index is -2.55. The highest BCUT2D eigenvalue weighted by atomic mass is 28.4. The van der Waals surface area contributed by atoms with E-state index in [0.29, 0.717) is 30.1 Å². The number of amides is 1. The number of methoxy groups -OCH3 is 1. The molecular weight excluding hydrogens is 611 g/mol. The summed E-state index contributed by atoms with van der Waals surface area (Å²) in [6.07, 6.45) is 0.819. The molecule has 254 valence electrons. The third kappa shape index (κ3) is 9.95. The quantitative estimate of drug-likeness (QED) is 0.0914. The number of carbonyl (C=O) groups is 2. The number of ether oxygens (including phenoxy) is 4. The third-order valence-electron chi connectivity index (χ3n) is 8.88. The van der Waals surface area contributed by atoms with Gasteiger partial charge in [0.25, 0.3) is 0 Å². The fourth-order valence-corrected chi connectivity index (χ4v) is 5.75. The Morgan fingerprint density at radius 2 is 1.47 bits per heavy atom. The number of hydrogen-bond acceptors (Lipinski definition) is 7. The molecule has 0 saturated heterocycles. The van der Waals surface area contributed by atoms with Crippen LogP contribution in [-0.2, 0) is 31.9 Å². The van der Waals surface area contributed by atoms with Gasteiger partial charge in [-0.1, -0.05) is 101 Å². The summed E-state index contributed by atoms with van der Waals surface area (Å²) in [7, 11) is 0.275. The lowest BCUT2D eigenvalue weighted by molar-refractivity contribution is -0.150. The predicted octanol–water partition coefficient (Wildman–Crippen LogP) is 8.87. The summed E-state index contributed by atoms with van der Waals surface area (Å²) < 4.78 is 30.7. The van der Waals surface area contributed by atoms with Gasteiger partial charge < -0.3 is 23.4 Å². The Balaban J connectivity index is 2.11. The summed E-state index contributed by atoms with van der Waals surface area (Å²) >= 11 is 0. The lowest BCUT2D eigenvalue weighted by Crippen LogP contribution is -2.52. The van der Waals surface area contributed by atoms with E-state index >= 15 is 0 Å². The summed E-state index contributed by atoms with van der Waals surface area (Å²) in [5, 5.41) is -0.208. The molecule has 0 saturated carbocycles. The number of carbonyl (C=O) groups excluding carboxylic acids is 2. The van der Waals surface area contributed by atoms with Crippen molar-refractivity contribution < 1.29 is 33.0 Å². The lowest BCUT2D eigenvalue weighted by Gasteiger charge is -2.42. The van der Waals surface area contributed by atoms with Gasteiger partial charge in [0.15, 0.2) is 25.9 Å². The van der Waals surface area contributed by atoms with E-state index in [1.807, 2.05) is 92.7 Å². The molecule has 0 fully saturated rings. The summed E-state index contributed by atoms with van der Waals surface area (Å²) in [5.41, 5.74) is 1.76. The molecule has 8 nitrogen and oxygen atoms in total. The zero-order valence-electron chi connectivity index (χ0n) is 29.4. The predicted molar refractivity (Wildman–Crippen MR) is 188 cm³/mol. The van der Waals surface area contributed by atoms with E-state index in [4.69, 9.17) is 23.4 Å². The first-order valence-corrected chi connectivity index (χ1v) is 18.9. The normalized spacial score (nSPS) is 14.2. The second-order valence-corrected chi connectivity index (χ2v) is 18.1. The molecule has 0 N–H and O–H groups in total. The first-order chi connectivity index (χ1) is 22.1. The van der Waals surface area contributed by atoms with Crippen molar-refractivity contribution >= 4 is 20.4 Å². The zero-order chi connectivity index (χ0) is 34.8. The number of benzene rings is 3. The van der Waals surface area contributed by atoms with Crippen molar-refractivity contribution in [2.45, 2.75) is 90.1 Å². The van der Waals surface area contributed by atoms with Gasteiger partial charge in [-0.2, -0.15) is 0 Å². The van der Waals surface area contributed by atoms with E-state index in [0.717, 1.165) is 11.1 Å². The molecule has 0 bridgehead atoms. The van der Waals surface area contributed by atoms with E-state index < -0.39 is 38.1 Å². The molecule has 0 aliphatic rings. The second kappa shape index (κ2) is 16.2. The van der Waals surface area contributed by atoms with Crippen LogP contribution in [-0.4, -0.2) is 51.1 Å². The first kappa shape index (κ1) is 37.4. The number of hydrogen-bond donors (Lipinski definition) is 0. The average Bonchev–Trinajstić information content (AvgIpc) is 3.06. The fourth-order valence-electron chi connectivity index (χ4n) is 4.49. The van der Waals surface area contributed by atoms with E-state index in [1.165, 1.54) is 19.1 Å². The van der Waals surface area contributed by atoms with Crippen LogP contribution in [0.3, 0.4) is 0 Å². The highest BCUT2D eigenvalue weighted by Gasteiger charge is 2.46. The molecule has 0 radical (unpaired) electrons. The van der Waals surface area contributed by atoms with Gasteiger partial charge in [0.1, 0.15) is 24.9 Å². The molecule has 3 aromatic rings. The number of nitrogens with zero attached hydrogens (tertiary/aromatic N) is 1. The maximum absolute atomic E-state index is 13.6. The monoisotopic (exact) mass is 661 g/mol. The molecule has 1 unspecified atom stereocenters. The molecule has 9 heteroatoms. The number of rotatable bonds is 15. The maximum atomic E-state index is 13.6. The number of esters is 1. The van der Waals surface area contributed by atoms with Crippen LogP contribution in [0.15, 0.2) is 91.5 Å². The summed E-state index contributed by atoms with van der Waals surface area (Å²) in [6, 6.07) is 23.5. The summed E-state index contributed by atoms with van der Waals surface area (Å²) in [6.45, 7) is 18.9. The highest BCUT2D eigenvalue weighted by molar-refractivity contribution is 6.74. The summed E-state index contributed by atoms with van der Waals surface area (Å²) in [4.78, 5) is 28.3. The van der Waals surface area contributed by atoms with Gasteiger partial charge in [0.05, 0.1) is 7.11 Å². The van der Waals surface area contributed by atoms with Gasteiger partial charge >= 0.3 is 12.1 Å². The largest absolute Gasteiger partial charge is 0.485 e. The van der Waals surface area contributed by atoms with E-state index in [9.17, 15) is 9.59 Å². The van der Waals surface area contributed by atoms with Gasteiger partial charge in [-0.05, 0) is 66.4 Å². The second-order valence-electron chi connectivity index (χ2n) is 13.4. The third-order valence-corrected chi connectivity index (χ3v) is 13.3. The van der Waals surface area contributed by atoms with Crippen LogP contribution >= 0.6 is 0 Å². The number of likely N-dealkylation sites (N-methyl/N-ethyl adjacent to an activating group) is 1. The van der Waals surface area contributed by atoms with Crippen LogP contribution in [0.5, 0.6) is 11.5 Å². The van der Waals surface area contributed by atoms with Crippen LogP contribution in [0.25, 0.3) is 0 Å². The molecule has 3 atom stereocenters. The fraction of sp³-hybridized carbons (Fsp3) is 0.421. The van der Waals surface area contributed by atoms with Crippen molar-refractivity contribution in [2.24, 2.45) is 0 Å². The van der Waals surface area contributed by atoms with Gasteiger partial charge in [0.2, 0.25) is 0 Å². The van der Waals surface area contributed by atoms with Gasteiger partial charge in [-0.3, -0.25) is 4.90 Å². The van der Waals surface area contributed by atoms with Crippen LogP contribution in [0.2, 0.25) is 18.1 Å². The summed E-state index contributed by atoms with van der Waals surface area (Å²) in [5.74, 6) is 0.351. The minimum Gasteiger partial charge on any atom is -0.485 e. The van der Waals surface area contributed by atoms with Crippen LogP contribution < -0.4 is 9.47 Å². The lowest BCUT2D eigenvalue weighted by atomic mass is 10.00. The van der Waals surface area contributed by atoms with Crippen molar-refractivity contribution in [1.29, 1.82) is 0 Å². The highest BCUT2D eigenvalue weighted by Crippen LogP contribution is 2.43. The van der Waals surface area contributed by atoms with Gasteiger partial charge in [-0.15, -0.1) is 0 Å². The van der Waals surface area contributed by atoms with Gasteiger partial charge in [-0.25, -0.2) is 9.59 Å². The zero-order valence-corrected chi connectivity index (χ0v) is 30.4. The van der Waals surface area contributed by atoms with Crippen molar-refractivity contribution in [3.63, 3.8) is 0 Å². The molecule has 0 aliphatic carbocycles. The van der Waals surface area contributed by atoms with E-state index in [1.54, 1.807) is 6.08 Å². The van der Waals surface area contributed by atoms with E-state index in [2.05, 4.69) is 40.4 Å². The molecule has 47 heavy (non-hydrogen) atoms. The topological polar surface area (TPSA) is 83.5 Å². The smallest absolute Gasteiger partial charge is 0.410 e. The molecule has 1 amide bonds. The molecular formula is C38H51NO7Si. The Labute approximate surface area is 281 Å². The van der Waals surface area contributed by atoms with E-state index in [-0.39, 0.29) is 11.6 Å². The van der Waals surface area contributed by atoms with Crippen molar-refractivity contribution in [1.82, 2.24) is 4.90 Å². The van der Waals surface area contributed by atoms with Crippen LogP contribution in [0.1, 0.15) is 63.8 Å². The van der Waals surface area contributed by atoms with Crippen LogP contribution in [0.4, 0.5) is 4.79 Å². The molecule has 0 aromatic heterocycles. The van der Waals surface area contributed by atoms with Crippen LogP contribution in [0, 0.1) is 0 Å². The molecule has 0 aliphatic heterocycles. The van der Waals surface area contributed by atoms with Crippen molar-refractivity contribution in [3.8, 4) is 11.5 Å². The maximum Gasteiger partial charge on any atom is 0.410 e. The minimum absolute atomic E-state index is 0.0499. The standard InChI is InChI=1S/C38H51NO7Si/c1-11-38(6,12-2)45-32-25-30(23-24-31(32)43-26-28-19-15-13-16-20-28)34(46-47(9,10)37(3,4)5)33(35(40)42-8)39(7)36(41)44-27-29-21-17-14-18-22-29/h11,13-25,33-34H,1,12,26-27H2,2-10H3/t33-,34+,38?/m0/s1. The Hall–Kier alpha value is -4.08. The Kier molecular flexibility index (Phi) is 12.8.